The number of hydrogen-bond donors (Lipinski definition) is 1. The molecule has 1 N–H and O–H groups in total. The largest absolute Gasteiger partial charge is 0.350 e. The summed E-state index contributed by atoms with van der Waals surface area (Å²) in [6, 6.07) is 12.0. The monoisotopic (exact) mass is 392 g/mol. The molecule has 29 heavy (non-hydrogen) atoms. The van der Waals surface area contributed by atoms with Gasteiger partial charge in [-0.25, -0.2) is 9.07 Å². The minimum absolute atomic E-state index is 0.0998. The molecule has 0 saturated heterocycles. The zero-order valence-electron chi connectivity index (χ0n) is 16.2. The maximum atomic E-state index is 13.7. The van der Waals surface area contributed by atoms with Crippen LogP contribution in [-0.4, -0.2) is 36.7 Å². The lowest BCUT2D eigenvalue weighted by Gasteiger charge is -2.14. The van der Waals surface area contributed by atoms with E-state index >= 15 is 0 Å². The number of aryl methyl sites for hydroxylation is 1. The van der Waals surface area contributed by atoms with E-state index in [9.17, 15) is 9.18 Å². The van der Waals surface area contributed by atoms with Crippen LogP contribution in [0.5, 0.6) is 0 Å². The highest BCUT2D eigenvalue weighted by atomic mass is 19.1. The van der Waals surface area contributed by atoms with Gasteiger partial charge in [0, 0.05) is 35.8 Å². The number of nitrogens with one attached hydrogen (secondary N) is 1. The zero-order chi connectivity index (χ0) is 20.4. The summed E-state index contributed by atoms with van der Waals surface area (Å²) < 4.78 is 17.2. The number of benzene rings is 2. The lowest BCUT2D eigenvalue weighted by Crippen LogP contribution is -2.34. The van der Waals surface area contributed by atoms with E-state index in [2.05, 4.69) is 20.8 Å². The van der Waals surface area contributed by atoms with Crippen LogP contribution in [0.4, 0.5) is 4.39 Å². The van der Waals surface area contributed by atoms with Gasteiger partial charge in [0.2, 0.25) is 0 Å². The SMILES string of the molecule is C[C@@H](Cc1cn(C)c2ccc(F)cc12)NC(=O)c1ccc(Cn2cnnn2)cc1. The maximum Gasteiger partial charge on any atom is 0.251 e. The molecule has 148 valence electrons. The van der Waals surface area contributed by atoms with E-state index in [4.69, 9.17) is 0 Å². The van der Waals surface area contributed by atoms with Gasteiger partial charge in [0.15, 0.2) is 0 Å². The van der Waals surface area contributed by atoms with Crippen molar-refractivity contribution in [1.29, 1.82) is 0 Å². The third-order valence-corrected chi connectivity index (χ3v) is 4.89. The Morgan fingerprint density at radius 3 is 2.72 bits per heavy atom. The predicted molar refractivity (Wildman–Crippen MR) is 107 cm³/mol. The first-order chi connectivity index (χ1) is 14.0. The quantitative estimate of drug-likeness (QED) is 0.547. The first-order valence-electron chi connectivity index (χ1n) is 9.33. The lowest BCUT2D eigenvalue weighted by molar-refractivity contribution is 0.0940. The van der Waals surface area contributed by atoms with Crippen LogP contribution < -0.4 is 5.32 Å². The van der Waals surface area contributed by atoms with Crippen molar-refractivity contribution in [1.82, 2.24) is 30.1 Å². The molecule has 1 amide bonds. The lowest BCUT2D eigenvalue weighted by atomic mass is 10.1. The Kier molecular flexibility index (Phi) is 5.07. The highest BCUT2D eigenvalue weighted by molar-refractivity contribution is 5.94. The van der Waals surface area contributed by atoms with Gasteiger partial charge < -0.3 is 9.88 Å². The van der Waals surface area contributed by atoms with E-state index in [1.165, 1.54) is 6.07 Å². The highest BCUT2D eigenvalue weighted by Gasteiger charge is 2.14. The number of hydrogen-bond acceptors (Lipinski definition) is 4. The van der Waals surface area contributed by atoms with Crippen LogP contribution in [0.2, 0.25) is 0 Å². The summed E-state index contributed by atoms with van der Waals surface area (Å²) in [6.45, 7) is 2.49. The Morgan fingerprint density at radius 1 is 1.21 bits per heavy atom. The number of halogens is 1. The van der Waals surface area contributed by atoms with Crippen LogP contribution in [0.1, 0.15) is 28.4 Å². The fourth-order valence-electron chi connectivity index (χ4n) is 3.50. The fourth-order valence-corrected chi connectivity index (χ4v) is 3.50. The van der Waals surface area contributed by atoms with Gasteiger partial charge >= 0.3 is 0 Å². The summed E-state index contributed by atoms with van der Waals surface area (Å²) in [5, 5.41) is 14.9. The van der Waals surface area contributed by atoms with Crippen LogP contribution in [0.25, 0.3) is 10.9 Å². The Morgan fingerprint density at radius 2 is 2.00 bits per heavy atom. The summed E-state index contributed by atoms with van der Waals surface area (Å²) in [5.41, 5.74) is 3.56. The standard InChI is InChI=1S/C21H21FN6O/c1-14(9-17-12-27(2)20-8-7-18(22)10-19(17)20)24-21(29)16-5-3-15(4-6-16)11-28-13-23-25-26-28/h3-8,10,12-14H,9,11H2,1-2H3,(H,24,29)/t14-/m0/s1. The molecule has 0 radical (unpaired) electrons. The molecule has 2 aromatic carbocycles. The van der Waals surface area contributed by atoms with Crippen LogP contribution in [0.15, 0.2) is 55.0 Å². The van der Waals surface area contributed by atoms with Crippen LogP contribution in [0.3, 0.4) is 0 Å². The molecular formula is C21H21FN6O. The van der Waals surface area contributed by atoms with Crippen molar-refractivity contribution in [2.45, 2.75) is 25.9 Å². The molecule has 2 aromatic heterocycles. The van der Waals surface area contributed by atoms with Gasteiger partial charge in [-0.3, -0.25) is 4.79 Å². The fraction of sp³-hybridized carbons (Fsp3) is 0.238. The number of nitrogens with zero attached hydrogens (tertiary/aromatic N) is 5. The molecule has 0 unspecified atom stereocenters. The molecule has 1 atom stereocenters. The summed E-state index contributed by atoms with van der Waals surface area (Å²) in [5.74, 6) is -0.402. The van der Waals surface area contributed by atoms with Crippen molar-refractivity contribution < 1.29 is 9.18 Å². The Labute approximate surface area is 167 Å². The highest BCUT2D eigenvalue weighted by Crippen LogP contribution is 2.23. The van der Waals surface area contributed by atoms with E-state index in [0.717, 1.165) is 22.0 Å². The third-order valence-electron chi connectivity index (χ3n) is 4.89. The number of carbonyl (C=O) groups excluding carboxylic acids is 1. The topological polar surface area (TPSA) is 77.6 Å². The van der Waals surface area contributed by atoms with E-state index in [1.807, 2.05) is 36.9 Å². The van der Waals surface area contributed by atoms with E-state index < -0.39 is 0 Å². The predicted octanol–water partition coefficient (Wildman–Crippen LogP) is 2.71. The molecule has 0 aliphatic carbocycles. The van der Waals surface area contributed by atoms with Gasteiger partial charge in [0.05, 0.1) is 6.54 Å². The van der Waals surface area contributed by atoms with Gasteiger partial charge in [0.1, 0.15) is 12.1 Å². The number of amides is 1. The molecule has 8 heteroatoms. The van der Waals surface area contributed by atoms with Gasteiger partial charge in [0.25, 0.3) is 5.91 Å². The number of carbonyl (C=O) groups is 1. The summed E-state index contributed by atoms with van der Waals surface area (Å²) >= 11 is 0. The normalized spacial score (nSPS) is 12.2. The molecule has 0 aliphatic heterocycles. The molecule has 4 rings (SSSR count). The number of fused-ring (bicyclic) bond motifs is 1. The van der Waals surface area contributed by atoms with Crippen LogP contribution in [0, 0.1) is 5.82 Å². The molecule has 0 fully saturated rings. The molecular weight excluding hydrogens is 371 g/mol. The minimum atomic E-state index is -0.261. The third kappa shape index (κ3) is 4.16. The van der Waals surface area contributed by atoms with Crippen LogP contribution in [-0.2, 0) is 20.0 Å². The Balaban J connectivity index is 1.41. The second-order valence-corrected chi connectivity index (χ2v) is 7.21. The van der Waals surface area contributed by atoms with Crippen molar-refractivity contribution in [2.75, 3.05) is 0 Å². The smallest absolute Gasteiger partial charge is 0.251 e. The molecule has 2 heterocycles. The van der Waals surface area contributed by atoms with Gasteiger partial charge in [-0.2, -0.15) is 0 Å². The van der Waals surface area contributed by atoms with Crippen molar-refractivity contribution in [3.63, 3.8) is 0 Å². The van der Waals surface area contributed by atoms with Gasteiger partial charge in [-0.1, -0.05) is 12.1 Å². The second kappa shape index (κ2) is 7.83. The van der Waals surface area contributed by atoms with Crippen molar-refractivity contribution in [3.05, 3.63) is 77.5 Å². The van der Waals surface area contributed by atoms with Crippen LogP contribution >= 0.6 is 0 Å². The number of rotatable bonds is 6. The molecule has 7 nitrogen and oxygen atoms in total. The van der Waals surface area contributed by atoms with Crippen molar-refractivity contribution in [3.8, 4) is 0 Å². The molecule has 0 saturated carbocycles. The van der Waals surface area contributed by atoms with Gasteiger partial charge in [-0.05, 0) is 65.2 Å². The minimum Gasteiger partial charge on any atom is -0.350 e. The summed E-state index contributed by atoms with van der Waals surface area (Å²) in [4.78, 5) is 12.6. The average Bonchev–Trinajstić information content (AvgIpc) is 3.30. The van der Waals surface area contributed by atoms with E-state index in [1.54, 1.807) is 35.3 Å². The summed E-state index contributed by atoms with van der Waals surface area (Å²) in [6.07, 6.45) is 4.14. The van der Waals surface area contributed by atoms with Crippen molar-refractivity contribution >= 4 is 16.8 Å². The zero-order valence-corrected chi connectivity index (χ0v) is 16.2. The Hall–Kier alpha value is -3.55. The Bertz CT molecular complexity index is 1130. The summed E-state index contributed by atoms with van der Waals surface area (Å²) in [7, 11) is 1.93. The molecule has 4 aromatic rings. The first kappa shape index (κ1) is 18.8. The number of aromatic nitrogens is 5. The van der Waals surface area contributed by atoms with Crippen molar-refractivity contribution in [2.24, 2.45) is 7.05 Å². The van der Waals surface area contributed by atoms with E-state index in [0.29, 0.717) is 18.5 Å². The molecule has 0 aliphatic rings. The second-order valence-electron chi connectivity index (χ2n) is 7.21. The first-order valence-corrected chi connectivity index (χ1v) is 9.33. The van der Waals surface area contributed by atoms with Gasteiger partial charge in [-0.15, -0.1) is 5.10 Å². The number of tetrazole rings is 1. The van der Waals surface area contributed by atoms with E-state index in [-0.39, 0.29) is 17.8 Å². The average molecular weight is 392 g/mol. The molecule has 0 spiro atoms. The maximum absolute atomic E-state index is 13.7. The molecule has 0 bridgehead atoms.